The van der Waals surface area contributed by atoms with Crippen LogP contribution < -0.4 is 21.3 Å². The van der Waals surface area contributed by atoms with Gasteiger partial charge >= 0.3 is 0 Å². The maximum atomic E-state index is 13.0. The van der Waals surface area contributed by atoms with Crippen molar-refractivity contribution in [2.24, 2.45) is 0 Å². The highest BCUT2D eigenvalue weighted by molar-refractivity contribution is 7.11. The predicted molar refractivity (Wildman–Crippen MR) is 158 cm³/mol. The Morgan fingerprint density at radius 1 is 0.550 bits per heavy atom. The van der Waals surface area contributed by atoms with Crippen molar-refractivity contribution in [3.63, 3.8) is 0 Å². The molecule has 4 aromatic rings. The number of benzene rings is 2. The Kier molecular flexibility index (Phi) is 10.1. The average Bonchev–Trinajstić information content (AvgIpc) is 3.70. The van der Waals surface area contributed by atoms with Crippen molar-refractivity contribution < 1.29 is 19.2 Å². The topological polar surface area (TPSA) is 116 Å². The molecule has 8 nitrogen and oxygen atoms in total. The number of carbonyl (C=O) groups excluding carboxylic acids is 4. The lowest BCUT2D eigenvalue weighted by Gasteiger charge is -2.13. The summed E-state index contributed by atoms with van der Waals surface area (Å²) in [7, 11) is 0. The van der Waals surface area contributed by atoms with Crippen LogP contribution in [0.4, 0.5) is 0 Å². The molecule has 202 valence electrons. The Morgan fingerprint density at radius 3 is 1.30 bits per heavy atom. The van der Waals surface area contributed by atoms with Crippen molar-refractivity contribution in [3.05, 3.63) is 128 Å². The van der Waals surface area contributed by atoms with Crippen LogP contribution in [0.25, 0.3) is 12.2 Å². The van der Waals surface area contributed by atoms with Crippen LogP contribution in [-0.4, -0.2) is 36.7 Å². The summed E-state index contributed by atoms with van der Waals surface area (Å²) in [5, 5.41) is 14.5. The molecule has 4 N–H and O–H groups in total. The summed E-state index contributed by atoms with van der Waals surface area (Å²) in [6, 6.07) is 24.5. The molecule has 40 heavy (non-hydrogen) atoms. The molecule has 0 bridgehead atoms. The molecule has 0 unspecified atom stereocenters. The zero-order valence-electron chi connectivity index (χ0n) is 21.3. The van der Waals surface area contributed by atoms with E-state index in [4.69, 9.17) is 0 Å². The fourth-order valence-corrected chi connectivity index (χ4v) is 4.77. The molecule has 0 spiro atoms. The summed E-state index contributed by atoms with van der Waals surface area (Å²) in [6.07, 6.45) is 3.20. The highest BCUT2D eigenvalue weighted by Gasteiger charge is 2.17. The normalized spacial score (nSPS) is 11.4. The van der Waals surface area contributed by atoms with Crippen LogP contribution >= 0.6 is 22.7 Å². The number of hydrogen-bond acceptors (Lipinski definition) is 6. The first-order valence-electron chi connectivity index (χ1n) is 12.3. The lowest BCUT2D eigenvalue weighted by Crippen LogP contribution is -2.41. The van der Waals surface area contributed by atoms with Gasteiger partial charge in [-0.05, 0) is 59.3 Å². The molecular weight excluding hydrogens is 544 g/mol. The summed E-state index contributed by atoms with van der Waals surface area (Å²) >= 11 is 2.85. The monoisotopic (exact) mass is 570 g/mol. The number of carbonyl (C=O) groups is 4. The van der Waals surface area contributed by atoms with Gasteiger partial charge in [0.1, 0.15) is 11.4 Å². The van der Waals surface area contributed by atoms with Crippen LogP contribution in [0.2, 0.25) is 0 Å². The average molecular weight is 571 g/mol. The zero-order valence-corrected chi connectivity index (χ0v) is 22.9. The fourth-order valence-electron chi connectivity index (χ4n) is 3.46. The van der Waals surface area contributed by atoms with Crippen molar-refractivity contribution in [1.82, 2.24) is 21.3 Å². The van der Waals surface area contributed by atoms with Gasteiger partial charge in [0, 0.05) is 34.0 Å². The second-order valence-electron chi connectivity index (χ2n) is 8.30. The van der Waals surface area contributed by atoms with E-state index in [0.717, 1.165) is 9.75 Å². The van der Waals surface area contributed by atoms with Crippen LogP contribution in [0.5, 0.6) is 0 Å². The lowest BCUT2D eigenvalue weighted by molar-refractivity contribution is -0.119. The predicted octanol–water partition coefficient (Wildman–Crippen LogP) is 4.28. The molecule has 0 aliphatic rings. The molecule has 4 amide bonds. The van der Waals surface area contributed by atoms with Crippen LogP contribution in [0.15, 0.2) is 107 Å². The van der Waals surface area contributed by atoms with E-state index in [-0.39, 0.29) is 24.5 Å². The first-order chi connectivity index (χ1) is 19.5. The van der Waals surface area contributed by atoms with Crippen molar-refractivity contribution in [3.8, 4) is 0 Å². The standard InChI is InChI=1S/C30H26N4O4S2/c35-27(21-9-3-1-4-10-21)33-25(19-23-13-7-17-39-23)29(37)31-15-16-32-30(38)26(20-24-14-8-18-40-24)34-28(36)22-11-5-2-6-12-22/h1-14,17-20H,15-16H2,(H,31,37)(H,32,38)(H,33,35)(H,34,36)/b25-19+,26-20+. The fraction of sp³-hybridized carbons (Fsp3) is 0.0667. The summed E-state index contributed by atoms with van der Waals surface area (Å²) in [5.41, 5.74) is 0.997. The largest absolute Gasteiger partial charge is 0.349 e. The molecule has 4 rings (SSSR count). The third-order valence-corrected chi connectivity index (χ3v) is 7.05. The van der Waals surface area contributed by atoms with Gasteiger partial charge in [0.15, 0.2) is 0 Å². The highest BCUT2D eigenvalue weighted by atomic mass is 32.1. The number of thiophene rings is 2. The van der Waals surface area contributed by atoms with Crippen molar-refractivity contribution in [2.75, 3.05) is 13.1 Å². The molecule has 0 saturated carbocycles. The smallest absolute Gasteiger partial charge is 0.267 e. The molecule has 0 aliphatic heterocycles. The molecule has 0 aliphatic carbocycles. The Labute approximate surface area is 239 Å². The maximum absolute atomic E-state index is 13.0. The molecule has 0 fully saturated rings. The van der Waals surface area contributed by atoms with E-state index in [1.165, 1.54) is 22.7 Å². The van der Waals surface area contributed by atoms with Gasteiger partial charge < -0.3 is 21.3 Å². The molecule has 2 aromatic carbocycles. The van der Waals surface area contributed by atoms with E-state index >= 15 is 0 Å². The van der Waals surface area contributed by atoms with Crippen LogP contribution in [0.1, 0.15) is 30.5 Å². The van der Waals surface area contributed by atoms with Crippen molar-refractivity contribution >= 4 is 58.5 Å². The minimum Gasteiger partial charge on any atom is -0.349 e. The Morgan fingerprint density at radius 2 is 0.950 bits per heavy atom. The van der Waals surface area contributed by atoms with Crippen LogP contribution in [0, 0.1) is 0 Å². The molecule has 2 heterocycles. The minimum atomic E-state index is -0.501. The van der Waals surface area contributed by atoms with Crippen LogP contribution in [0.3, 0.4) is 0 Å². The third-order valence-electron chi connectivity index (χ3n) is 5.41. The summed E-state index contributed by atoms with van der Waals surface area (Å²) in [5.74, 6) is -1.83. The Balaban J connectivity index is 1.37. The molecular formula is C30H26N4O4S2. The SMILES string of the molecule is O=C(NCCNC(=O)/C(=C\c1cccs1)NC(=O)c1ccccc1)/C(=C\c1cccs1)NC(=O)c1ccccc1. The van der Waals surface area contributed by atoms with Gasteiger partial charge in [-0.15, -0.1) is 22.7 Å². The molecule has 0 radical (unpaired) electrons. The summed E-state index contributed by atoms with van der Waals surface area (Å²) < 4.78 is 0. The van der Waals surface area contributed by atoms with Crippen molar-refractivity contribution in [1.29, 1.82) is 0 Å². The molecule has 10 heteroatoms. The first-order valence-corrected chi connectivity index (χ1v) is 14.0. The Bertz CT molecular complexity index is 1380. The number of rotatable bonds is 11. The molecule has 0 atom stereocenters. The van der Waals surface area contributed by atoms with Gasteiger partial charge in [-0.2, -0.15) is 0 Å². The van der Waals surface area contributed by atoms with Gasteiger partial charge in [0.25, 0.3) is 23.6 Å². The number of nitrogens with one attached hydrogen (secondary N) is 4. The maximum Gasteiger partial charge on any atom is 0.267 e. The van der Waals surface area contributed by atoms with Gasteiger partial charge in [0.2, 0.25) is 0 Å². The van der Waals surface area contributed by atoms with E-state index in [1.807, 2.05) is 35.0 Å². The van der Waals surface area contributed by atoms with E-state index in [2.05, 4.69) is 21.3 Å². The summed E-state index contributed by atoms with van der Waals surface area (Å²) in [6.45, 7) is 0.180. The van der Waals surface area contributed by atoms with E-state index < -0.39 is 23.6 Å². The van der Waals surface area contributed by atoms with Gasteiger partial charge in [0.05, 0.1) is 0 Å². The van der Waals surface area contributed by atoms with Gasteiger partial charge in [-0.3, -0.25) is 19.2 Å². The number of hydrogen-bond donors (Lipinski definition) is 4. The van der Waals surface area contributed by atoms with Gasteiger partial charge in [-0.1, -0.05) is 48.5 Å². The second-order valence-corrected chi connectivity index (χ2v) is 10.3. The van der Waals surface area contributed by atoms with Crippen molar-refractivity contribution in [2.45, 2.75) is 0 Å². The highest BCUT2D eigenvalue weighted by Crippen LogP contribution is 2.14. The first kappa shape index (κ1) is 28.2. The third kappa shape index (κ3) is 8.35. The molecule has 2 aromatic heterocycles. The Hall–Kier alpha value is -4.80. The minimum absolute atomic E-state index is 0.0797. The van der Waals surface area contributed by atoms with E-state index in [1.54, 1.807) is 72.8 Å². The molecule has 0 saturated heterocycles. The van der Waals surface area contributed by atoms with E-state index in [0.29, 0.717) is 11.1 Å². The number of amides is 4. The van der Waals surface area contributed by atoms with Crippen LogP contribution in [-0.2, 0) is 9.59 Å². The quantitative estimate of drug-likeness (QED) is 0.159. The summed E-state index contributed by atoms with van der Waals surface area (Å²) in [4.78, 5) is 52.9. The van der Waals surface area contributed by atoms with Gasteiger partial charge in [-0.25, -0.2) is 0 Å². The zero-order chi connectivity index (χ0) is 28.2. The second kappa shape index (κ2) is 14.4. The lowest BCUT2D eigenvalue weighted by atomic mass is 10.2. The van der Waals surface area contributed by atoms with E-state index in [9.17, 15) is 19.2 Å².